The van der Waals surface area contributed by atoms with Crippen molar-refractivity contribution in [1.82, 2.24) is 14.6 Å². The van der Waals surface area contributed by atoms with E-state index in [9.17, 15) is 13.2 Å². The van der Waals surface area contributed by atoms with E-state index in [-0.39, 0.29) is 22.1 Å². The normalized spacial score (nSPS) is 14.9. The molecule has 0 aliphatic carbocycles. The number of ether oxygens (including phenoxy) is 1. The number of carbonyl (C=O) groups is 1. The lowest BCUT2D eigenvalue weighted by Crippen LogP contribution is -2.33. The number of hydrogen-bond donors (Lipinski definition) is 2. The van der Waals surface area contributed by atoms with E-state index in [2.05, 4.69) is 15.6 Å². The van der Waals surface area contributed by atoms with E-state index in [1.54, 1.807) is 24.4 Å². The van der Waals surface area contributed by atoms with Crippen molar-refractivity contribution in [2.75, 3.05) is 38.6 Å². The van der Waals surface area contributed by atoms with Crippen molar-refractivity contribution in [3.05, 3.63) is 59.2 Å². The number of amides is 1. The second-order valence-corrected chi connectivity index (χ2v) is 10.7. The summed E-state index contributed by atoms with van der Waals surface area (Å²) in [5.74, 6) is -0.120. The molecule has 1 aliphatic rings. The molecule has 8 nitrogen and oxygen atoms in total. The van der Waals surface area contributed by atoms with E-state index >= 15 is 0 Å². The Kier molecular flexibility index (Phi) is 8.10. The van der Waals surface area contributed by atoms with E-state index in [1.165, 1.54) is 23.5 Å². The molecule has 1 aromatic heterocycles. The van der Waals surface area contributed by atoms with Gasteiger partial charge in [0.05, 0.1) is 12.6 Å². The summed E-state index contributed by atoms with van der Waals surface area (Å²) in [5, 5.41) is 7.69. The minimum absolute atomic E-state index is 0.0228. The van der Waals surface area contributed by atoms with Crippen molar-refractivity contribution in [2.24, 2.45) is 0 Å². The molecule has 0 radical (unpaired) electrons. The molecule has 1 aliphatic heterocycles. The Balaban J connectivity index is 1.43. The van der Waals surface area contributed by atoms with Gasteiger partial charge in [-0.05, 0) is 55.3 Å². The molecular weight excluding hydrogens is 488 g/mol. The van der Waals surface area contributed by atoms with Crippen LogP contribution in [0.4, 0.5) is 5.69 Å². The number of pyridine rings is 1. The maximum atomic E-state index is 13.3. The number of aromatic nitrogens is 1. The first-order valence-electron chi connectivity index (χ1n) is 11.6. The smallest absolute Gasteiger partial charge is 0.251 e. The summed E-state index contributed by atoms with van der Waals surface area (Å²) in [6, 6.07) is 11.9. The van der Waals surface area contributed by atoms with Gasteiger partial charge >= 0.3 is 0 Å². The second kappa shape index (κ2) is 11.2. The number of anilines is 1. The zero-order valence-corrected chi connectivity index (χ0v) is 21.2. The number of benzene rings is 2. The van der Waals surface area contributed by atoms with Crippen LogP contribution in [0.3, 0.4) is 0 Å². The molecule has 2 N–H and O–H groups in total. The van der Waals surface area contributed by atoms with Crippen molar-refractivity contribution >= 4 is 44.1 Å². The SMILES string of the molecule is COc1ccc(C(=O)NCCNc2ccnc3cc(Cl)ccc23)cc1S(=O)(=O)N1CCCCCC1. The molecule has 0 spiro atoms. The highest BCUT2D eigenvalue weighted by atomic mass is 35.5. The first-order chi connectivity index (χ1) is 16.9. The molecule has 186 valence electrons. The predicted octanol–water partition coefficient (Wildman–Crippen LogP) is 4.30. The molecule has 0 atom stereocenters. The third-order valence-electron chi connectivity index (χ3n) is 6.04. The maximum Gasteiger partial charge on any atom is 0.251 e. The predicted molar refractivity (Wildman–Crippen MR) is 138 cm³/mol. The van der Waals surface area contributed by atoms with Gasteiger partial charge in [0.15, 0.2) is 0 Å². The average molecular weight is 517 g/mol. The van der Waals surface area contributed by atoms with Crippen LogP contribution < -0.4 is 15.4 Å². The van der Waals surface area contributed by atoms with Gasteiger partial charge in [-0.3, -0.25) is 9.78 Å². The van der Waals surface area contributed by atoms with Gasteiger partial charge in [-0.15, -0.1) is 0 Å². The van der Waals surface area contributed by atoms with Crippen molar-refractivity contribution in [1.29, 1.82) is 0 Å². The highest BCUT2D eigenvalue weighted by Crippen LogP contribution is 2.29. The summed E-state index contributed by atoms with van der Waals surface area (Å²) in [7, 11) is -2.34. The fourth-order valence-electron chi connectivity index (χ4n) is 4.19. The molecule has 3 aromatic rings. The van der Waals surface area contributed by atoms with Crippen LogP contribution in [0.15, 0.2) is 53.6 Å². The third-order valence-corrected chi connectivity index (χ3v) is 8.19. The summed E-state index contributed by atoms with van der Waals surface area (Å²) >= 11 is 6.04. The molecule has 10 heteroatoms. The lowest BCUT2D eigenvalue weighted by Gasteiger charge is -2.21. The van der Waals surface area contributed by atoms with Crippen LogP contribution in [0.25, 0.3) is 10.9 Å². The third kappa shape index (κ3) is 5.86. The van der Waals surface area contributed by atoms with Gasteiger partial charge in [0.1, 0.15) is 10.6 Å². The van der Waals surface area contributed by atoms with Gasteiger partial charge in [-0.25, -0.2) is 8.42 Å². The van der Waals surface area contributed by atoms with Crippen molar-refractivity contribution in [2.45, 2.75) is 30.6 Å². The molecule has 0 bridgehead atoms. The van der Waals surface area contributed by atoms with Crippen molar-refractivity contribution in [3.63, 3.8) is 0 Å². The number of methoxy groups -OCH3 is 1. The Morgan fingerprint density at radius 3 is 2.57 bits per heavy atom. The summed E-state index contributed by atoms with van der Waals surface area (Å²) in [5.41, 5.74) is 1.93. The van der Waals surface area contributed by atoms with E-state index in [0.29, 0.717) is 31.2 Å². The molecule has 1 fully saturated rings. The van der Waals surface area contributed by atoms with Crippen molar-refractivity contribution < 1.29 is 17.9 Å². The minimum atomic E-state index is -3.77. The van der Waals surface area contributed by atoms with Gasteiger partial charge in [0.25, 0.3) is 5.91 Å². The maximum absolute atomic E-state index is 13.3. The van der Waals surface area contributed by atoms with Gasteiger partial charge in [-0.1, -0.05) is 24.4 Å². The van der Waals surface area contributed by atoms with Crippen LogP contribution in [0.2, 0.25) is 5.02 Å². The molecule has 2 aromatic carbocycles. The van der Waals surface area contributed by atoms with Crippen molar-refractivity contribution in [3.8, 4) is 5.75 Å². The Bertz CT molecular complexity index is 1310. The number of fused-ring (bicyclic) bond motifs is 1. The zero-order chi connectivity index (χ0) is 24.8. The van der Waals surface area contributed by atoms with Gasteiger partial charge < -0.3 is 15.4 Å². The highest BCUT2D eigenvalue weighted by Gasteiger charge is 2.29. The monoisotopic (exact) mass is 516 g/mol. The molecule has 35 heavy (non-hydrogen) atoms. The summed E-state index contributed by atoms with van der Waals surface area (Å²) in [6.07, 6.45) is 5.39. The topological polar surface area (TPSA) is 101 Å². The molecule has 4 rings (SSSR count). The standard InChI is InChI=1S/C25H29ClN4O4S/c1-34-23-9-6-18(16-24(23)35(32,33)30-14-4-2-3-5-15-30)25(31)29-13-12-28-21-10-11-27-22-17-19(26)7-8-20(21)22/h6-11,16-17H,2-5,12-15H2,1H3,(H,27,28)(H,29,31). The fourth-order valence-corrected chi connectivity index (χ4v) is 6.06. The van der Waals surface area contributed by atoms with Crippen LogP contribution in [-0.4, -0.2) is 56.9 Å². The lowest BCUT2D eigenvalue weighted by atomic mass is 10.2. The van der Waals surface area contributed by atoms with Crippen LogP contribution in [0.1, 0.15) is 36.0 Å². The molecule has 0 unspecified atom stereocenters. The number of carbonyl (C=O) groups excluding carboxylic acids is 1. The number of rotatable bonds is 8. The van der Waals surface area contributed by atoms with Crippen LogP contribution in [-0.2, 0) is 10.0 Å². The van der Waals surface area contributed by atoms with E-state index in [4.69, 9.17) is 16.3 Å². The number of halogens is 1. The first kappa shape index (κ1) is 25.2. The Morgan fingerprint density at radius 1 is 1.06 bits per heavy atom. The second-order valence-electron chi connectivity index (χ2n) is 8.39. The zero-order valence-electron chi connectivity index (χ0n) is 19.6. The fraction of sp³-hybridized carbons (Fsp3) is 0.360. The number of nitrogens with one attached hydrogen (secondary N) is 2. The number of nitrogens with zero attached hydrogens (tertiary/aromatic N) is 2. The summed E-state index contributed by atoms with van der Waals surface area (Å²) in [6.45, 7) is 1.77. The molecule has 1 amide bonds. The van der Waals surface area contributed by atoms with Gasteiger partial charge in [-0.2, -0.15) is 4.31 Å². The first-order valence-corrected chi connectivity index (χ1v) is 13.5. The quantitative estimate of drug-likeness (QED) is 0.433. The molecular formula is C25H29ClN4O4S. The molecule has 1 saturated heterocycles. The average Bonchev–Trinajstić information content (AvgIpc) is 3.16. The highest BCUT2D eigenvalue weighted by molar-refractivity contribution is 7.89. The van der Waals surface area contributed by atoms with Gasteiger partial charge in [0.2, 0.25) is 10.0 Å². The van der Waals surface area contributed by atoms with E-state index in [0.717, 1.165) is 42.3 Å². The Hall–Kier alpha value is -2.88. The Labute approximate surface area is 210 Å². The minimum Gasteiger partial charge on any atom is -0.495 e. The Morgan fingerprint density at radius 2 is 1.83 bits per heavy atom. The number of sulfonamides is 1. The molecule has 2 heterocycles. The van der Waals surface area contributed by atoms with Crippen LogP contribution in [0, 0.1) is 0 Å². The summed E-state index contributed by atoms with van der Waals surface area (Å²) in [4.78, 5) is 17.1. The van der Waals surface area contributed by atoms with Gasteiger partial charge in [0, 0.05) is 54.0 Å². The largest absolute Gasteiger partial charge is 0.495 e. The molecule has 0 saturated carbocycles. The van der Waals surface area contributed by atoms with Crippen LogP contribution in [0.5, 0.6) is 5.75 Å². The summed E-state index contributed by atoms with van der Waals surface area (Å²) < 4.78 is 33.5. The van der Waals surface area contributed by atoms with Crippen LogP contribution >= 0.6 is 11.6 Å². The number of hydrogen-bond acceptors (Lipinski definition) is 6. The van der Waals surface area contributed by atoms with E-state index in [1.807, 2.05) is 12.1 Å². The lowest BCUT2D eigenvalue weighted by molar-refractivity contribution is 0.0955. The van der Waals surface area contributed by atoms with E-state index < -0.39 is 10.0 Å².